The van der Waals surface area contributed by atoms with E-state index in [1.54, 1.807) is 0 Å². The number of Topliss-reactive ketones (excluding diaryl/α,β-unsaturated/α-hetero) is 1. The van der Waals surface area contributed by atoms with Gasteiger partial charge in [0.05, 0.1) is 0 Å². The lowest BCUT2D eigenvalue weighted by Crippen LogP contribution is -2.11. The molecule has 0 aromatic rings. The molecule has 1 aliphatic rings. The maximum atomic E-state index is 11.2. The average Bonchev–Trinajstić information content (AvgIpc) is 2.05. The summed E-state index contributed by atoms with van der Waals surface area (Å²) in [5.41, 5.74) is 0. The molecule has 0 aromatic heterocycles. The van der Waals surface area contributed by atoms with Gasteiger partial charge in [-0.2, -0.15) is 0 Å². The average molecular weight is 215 g/mol. The quantitative estimate of drug-likeness (QED) is 0.692. The Morgan fingerprint density at radius 1 is 1.82 bits per heavy atom. The molecular formula is C9H11BrO. The zero-order chi connectivity index (χ0) is 8.27. The minimum atomic E-state index is 0.126. The Labute approximate surface area is 75.3 Å². The van der Waals surface area contributed by atoms with Crippen molar-refractivity contribution in [2.75, 3.05) is 0 Å². The number of ketones is 1. The highest BCUT2D eigenvalue weighted by Crippen LogP contribution is 2.21. The Hall–Kier alpha value is -0.370. The summed E-state index contributed by atoms with van der Waals surface area (Å²) in [6, 6.07) is 0. The van der Waals surface area contributed by atoms with Crippen LogP contribution in [0.5, 0.6) is 0 Å². The third-order valence-electron chi connectivity index (χ3n) is 1.82. The number of carbonyl (C=O) groups is 1. The third kappa shape index (κ3) is 2.29. The molecule has 0 radical (unpaired) electrons. The van der Waals surface area contributed by atoms with Crippen molar-refractivity contribution in [1.82, 2.24) is 0 Å². The second-order valence-electron chi connectivity index (χ2n) is 2.61. The van der Waals surface area contributed by atoms with Crippen LogP contribution in [0.2, 0.25) is 0 Å². The van der Waals surface area contributed by atoms with E-state index >= 15 is 0 Å². The van der Waals surface area contributed by atoms with Gasteiger partial charge in [-0.25, -0.2) is 0 Å². The van der Waals surface area contributed by atoms with E-state index in [9.17, 15) is 4.79 Å². The fourth-order valence-corrected chi connectivity index (χ4v) is 1.43. The summed E-state index contributed by atoms with van der Waals surface area (Å²) in [5, 5.41) is 0. The molecule has 0 saturated carbocycles. The zero-order valence-corrected chi connectivity index (χ0v) is 8.10. The Kier molecular flexibility index (Phi) is 3.06. The Balaban J connectivity index is 2.55. The fraction of sp³-hybridized carbons (Fsp3) is 0.444. The lowest BCUT2D eigenvalue weighted by atomic mass is 9.95. The molecule has 0 amide bonds. The van der Waals surface area contributed by atoms with Crippen LogP contribution in [-0.2, 0) is 4.79 Å². The molecule has 0 spiro atoms. The molecule has 11 heavy (non-hydrogen) atoms. The lowest BCUT2D eigenvalue weighted by Gasteiger charge is -2.11. The van der Waals surface area contributed by atoms with Gasteiger partial charge in [0.1, 0.15) is 5.78 Å². The summed E-state index contributed by atoms with van der Waals surface area (Å²) in [5.74, 6) is 0.457. The van der Waals surface area contributed by atoms with Crippen LogP contribution in [0, 0.1) is 5.92 Å². The highest BCUT2D eigenvalue weighted by atomic mass is 79.9. The van der Waals surface area contributed by atoms with E-state index in [4.69, 9.17) is 0 Å². The van der Waals surface area contributed by atoms with Gasteiger partial charge in [0.2, 0.25) is 0 Å². The standard InChI is InChI=1S/C9H11BrO/c1-2-9(11)7-3-5-8(10)6-4-7/h3,5-7H,2,4H2,1H3. The van der Waals surface area contributed by atoms with E-state index in [0.717, 1.165) is 10.9 Å². The molecule has 60 valence electrons. The van der Waals surface area contributed by atoms with E-state index in [2.05, 4.69) is 15.9 Å². The third-order valence-corrected chi connectivity index (χ3v) is 2.40. The van der Waals surface area contributed by atoms with Gasteiger partial charge in [-0.3, -0.25) is 4.79 Å². The molecular weight excluding hydrogens is 204 g/mol. The molecule has 0 bridgehead atoms. The maximum absolute atomic E-state index is 11.2. The summed E-state index contributed by atoms with van der Waals surface area (Å²) in [7, 11) is 0. The molecule has 0 heterocycles. The second-order valence-corrected chi connectivity index (χ2v) is 3.53. The van der Waals surface area contributed by atoms with Crippen molar-refractivity contribution in [1.29, 1.82) is 0 Å². The van der Waals surface area contributed by atoms with E-state index in [1.807, 2.05) is 25.2 Å². The SMILES string of the molecule is CCC(=O)C1C=CC(Br)=CC1. The minimum absolute atomic E-state index is 0.126. The molecule has 1 unspecified atom stereocenters. The largest absolute Gasteiger partial charge is 0.299 e. The van der Waals surface area contributed by atoms with Gasteiger partial charge in [0.25, 0.3) is 0 Å². The van der Waals surface area contributed by atoms with Gasteiger partial charge >= 0.3 is 0 Å². The zero-order valence-electron chi connectivity index (χ0n) is 6.51. The summed E-state index contributed by atoms with van der Waals surface area (Å²) in [6.45, 7) is 1.91. The number of hydrogen-bond acceptors (Lipinski definition) is 1. The van der Waals surface area contributed by atoms with Crippen LogP contribution in [0.1, 0.15) is 19.8 Å². The highest BCUT2D eigenvalue weighted by Gasteiger charge is 2.13. The van der Waals surface area contributed by atoms with E-state index < -0.39 is 0 Å². The number of allylic oxidation sites excluding steroid dienone is 4. The van der Waals surface area contributed by atoms with Gasteiger partial charge in [-0.05, 0) is 6.42 Å². The summed E-state index contributed by atoms with van der Waals surface area (Å²) < 4.78 is 1.08. The Morgan fingerprint density at radius 2 is 2.55 bits per heavy atom. The van der Waals surface area contributed by atoms with Crippen molar-refractivity contribution in [3.05, 3.63) is 22.7 Å². The van der Waals surface area contributed by atoms with Crippen molar-refractivity contribution < 1.29 is 4.79 Å². The van der Waals surface area contributed by atoms with Crippen molar-refractivity contribution in [2.45, 2.75) is 19.8 Å². The number of halogens is 1. The smallest absolute Gasteiger partial charge is 0.139 e. The molecule has 0 N–H and O–H groups in total. The number of hydrogen-bond donors (Lipinski definition) is 0. The minimum Gasteiger partial charge on any atom is -0.299 e. The molecule has 0 aromatic carbocycles. The van der Waals surface area contributed by atoms with Crippen molar-refractivity contribution in [3.63, 3.8) is 0 Å². The highest BCUT2D eigenvalue weighted by molar-refractivity contribution is 9.11. The van der Waals surface area contributed by atoms with Crippen molar-refractivity contribution in [3.8, 4) is 0 Å². The first-order valence-corrected chi connectivity index (χ1v) is 4.60. The van der Waals surface area contributed by atoms with Crippen LogP contribution >= 0.6 is 15.9 Å². The second kappa shape index (κ2) is 3.86. The van der Waals surface area contributed by atoms with Crippen LogP contribution in [0.25, 0.3) is 0 Å². The van der Waals surface area contributed by atoms with E-state index in [-0.39, 0.29) is 5.92 Å². The first kappa shape index (κ1) is 8.72. The molecule has 0 saturated heterocycles. The van der Waals surface area contributed by atoms with Crippen LogP contribution in [0.4, 0.5) is 0 Å². The van der Waals surface area contributed by atoms with Gasteiger partial charge in [0.15, 0.2) is 0 Å². The Bertz CT molecular complexity index is 216. The fourth-order valence-electron chi connectivity index (χ4n) is 1.10. The van der Waals surface area contributed by atoms with Crippen molar-refractivity contribution >= 4 is 21.7 Å². The first-order chi connectivity index (χ1) is 5.24. The van der Waals surface area contributed by atoms with Crippen LogP contribution in [-0.4, -0.2) is 5.78 Å². The predicted molar refractivity (Wildman–Crippen MR) is 49.6 cm³/mol. The number of rotatable bonds is 2. The molecule has 1 atom stereocenters. The maximum Gasteiger partial charge on any atom is 0.139 e. The van der Waals surface area contributed by atoms with Gasteiger partial charge in [-0.15, -0.1) is 0 Å². The van der Waals surface area contributed by atoms with Gasteiger partial charge in [-0.1, -0.05) is 41.1 Å². The predicted octanol–water partition coefficient (Wildman–Crippen LogP) is 2.82. The molecule has 0 aliphatic heterocycles. The molecule has 2 heteroatoms. The summed E-state index contributed by atoms with van der Waals surface area (Å²) >= 11 is 3.35. The van der Waals surface area contributed by atoms with E-state index in [1.165, 1.54) is 0 Å². The van der Waals surface area contributed by atoms with Crippen LogP contribution in [0.3, 0.4) is 0 Å². The van der Waals surface area contributed by atoms with Crippen molar-refractivity contribution in [2.24, 2.45) is 5.92 Å². The first-order valence-electron chi connectivity index (χ1n) is 3.80. The van der Waals surface area contributed by atoms with Gasteiger partial charge < -0.3 is 0 Å². The normalized spacial score (nSPS) is 23.1. The monoisotopic (exact) mass is 214 g/mol. The van der Waals surface area contributed by atoms with Crippen LogP contribution in [0.15, 0.2) is 22.7 Å². The molecule has 1 aliphatic carbocycles. The number of carbonyl (C=O) groups excluding carboxylic acids is 1. The Morgan fingerprint density at radius 3 is 3.00 bits per heavy atom. The van der Waals surface area contributed by atoms with Gasteiger partial charge in [0, 0.05) is 16.8 Å². The molecule has 1 nitrogen and oxygen atoms in total. The van der Waals surface area contributed by atoms with Crippen LogP contribution < -0.4 is 0 Å². The topological polar surface area (TPSA) is 17.1 Å². The summed E-state index contributed by atoms with van der Waals surface area (Å²) in [6.07, 6.45) is 7.44. The molecule has 0 fully saturated rings. The molecule has 1 rings (SSSR count). The van der Waals surface area contributed by atoms with E-state index in [0.29, 0.717) is 12.2 Å². The summed E-state index contributed by atoms with van der Waals surface area (Å²) in [4.78, 5) is 11.2. The lowest BCUT2D eigenvalue weighted by molar-refractivity contribution is -0.121.